The van der Waals surface area contributed by atoms with Gasteiger partial charge in [0.1, 0.15) is 0 Å². The van der Waals surface area contributed by atoms with Gasteiger partial charge in [0.15, 0.2) is 0 Å². The standard InChI is InChI=1S/C16H14N4O2/c21-15-13-7-6-12(8-14(13)18-10-19-15)20-16(22)17-9-11-4-2-1-3-5-11/h1-8,10H,9H2,(H2,17,20,22)(H,18,19,21). The van der Waals surface area contributed by atoms with E-state index in [0.29, 0.717) is 23.1 Å². The Bertz CT molecular complexity index is 859. The van der Waals surface area contributed by atoms with E-state index in [4.69, 9.17) is 0 Å². The van der Waals surface area contributed by atoms with Gasteiger partial charge in [-0.15, -0.1) is 0 Å². The summed E-state index contributed by atoms with van der Waals surface area (Å²) in [6.45, 7) is 0.443. The number of carbonyl (C=O) groups excluding carboxylic acids is 1. The molecule has 0 radical (unpaired) electrons. The summed E-state index contributed by atoms with van der Waals surface area (Å²) in [5, 5.41) is 5.97. The molecule has 1 heterocycles. The van der Waals surface area contributed by atoms with Crippen LogP contribution in [0.1, 0.15) is 5.56 Å². The predicted octanol–water partition coefficient (Wildman–Crippen LogP) is 2.24. The summed E-state index contributed by atoms with van der Waals surface area (Å²) < 4.78 is 0. The number of H-pyrrole nitrogens is 1. The third-order valence-corrected chi connectivity index (χ3v) is 3.20. The molecule has 3 aromatic rings. The number of fused-ring (bicyclic) bond motifs is 1. The van der Waals surface area contributed by atoms with E-state index in [1.807, 2.05) is 30.3 Å². The van der Waals surface area contributed by atoms with Crippen molar-refractivity contribution in [2.24, 2.45) is 0 Å². The lowest BCUT2D eigenvalue weighted by atomic mass is 10.2. The van der Waals surface area contributed by atoms with Crippen LogP contribution in [0, 0.1) is 0 Å². The average molecular weight is 294 g/mol. The van der Waals surface area contributed by atoms with Crippen LogP contribution in [-0.4, -0.2) is 16.0 Å². The second-order valence-corrected chi connectivity index (χ2v) is 4.76. The second-order valence-electron chi connectivity index (χ2n) is 4.76. The van der Waals surface area contributed by atoms with Gasteiger partial charge in [-0.3, -0.25) is 4.79 Å². The molecule has 0 aliphatic heterocycles. The molecule has 0 saturated heterocycles. The number of nitrogens with zero attached hydrogens (tertiary/aromatic N) is 1. The van der Waals surface area contributed by atoms with E-state index in [-0.39, 0.29) is 11.6 Å². The Morgan fingerprint density at radius 3 is 2.77 bits per heavy atom. The van der Waals surface area contributed by atoms with Gasteiger partial charge in [0.2, 0.25) is 0 Å². The number of rotatable bonds is 3. The van der Waals surface area contributed by atoms with Crippen molar-refractivity contribution in [1.29, 1.82) is 0 Å². The molecule has 1 aromatic heterocycles. The summed E-state index contributed by atoms with van der Waals surface area (Å²) >= 11 is 0. The van der Waals surface area contributed by atoms with Crippen LogP contribution in [0.3, 0.4) is 0 Å². The molecule has 0 fully saturated rings. The molecule has 0 bridgehead atoms. The van der Waals surface area contributed by atoms with Crippen molar-refractivity contribution in [2.75, 3.05) is 5.32 Å². The van der Waals surface area contributed by atoms with Gasteiger partial charge in [-0.2, -0.15) is 0 Å². The first-order chi connectivity index (χ1) is 10.7. The molecule has 22 heavy (non-hydrogen) atoms. The zero-order chi connectivity index (χ0) is 15.4. The van der Waals surface area contributed by atoms with Crippen LogP contribution in [0.25, 0.3) is 10.9 Å². The Labute approximate surface area is 126 Å². The molecular weight excluding hydrogens is 280 g/mol. The Kier molecular flexibility index (Phi) is 3.82. The van der Waals surface area contributed by atoms with Gasteiger partial charge < -0.3 is 15.6 Å². The van der Waals surface area contributed by atoms with E-state index in [1.165, 1.54) is 6.33 Å². The smallest absolute Gasteiger partial charge is 0.319 e. The molecule has 6 heteroatoms. The van der Waals surface area contributed by atoms with Gasteiger partial charge in [-0.25, -0.2) is 9.78 Å². The molecule has 0 unspecified atom stereocenters. The number of aromatic amines is 1. The molecule has 0 aliphatic rings. The summed E-state index contributed by atoms with van der Waals surface area (Å²) in [6, 6.07) is 14.3. The molecule has 110 valence electrons. The van der Waals surface area contributed by atoms with Gasteiger partial charge >= 0.3 is 6.03 Å². The number of hydrogen-bond donors (Lipinski definition) is 3. The summed E-state index contributed by atoms with van der Waals surface area (Å²) in [6.07, 6.45) is 1.34. The number of hydrogen-bond acceptors (Lipinski definition) is 3. The fourth-order valence-corrected chi connectivity index (χ4v) is 2.10. The van der Waals surface area contributed by atoms with Crippen molar-refractivity contribution in [2.45, 2.75) is 6.54 Å². The quantitative estimate of drug-likeness (QED) is 0.692. The number of anilines is 1. The summed E-state index contributed by atoms with van der Waals surface area (Å²) in [5.41, 5.74) is 1.93. The highest BCUT2D eigenvalue weighted by molar-refractivity contribution is 5.92. The number of urea groups is 1. The van der Waals surface area contributed by atoms with E-state index in [0.717, 1.165) is 5.56 Å². The summed E-state index contributed by atoms with van der Waals surface area (Å²) in [4.78, 5) is 30.0. The number of carbonyl (C=O) groups is 1. The molecule has 3 N–H and O–H groups in total. The maximum atomic E-state index is 11.9. The fraction of sp³-hybridized carbons (Fsp3) is 0.0625. The first-order valence-corrected chi connectivity index (χ1v) is 6.78. The Morgan fingerprint density at radius 1 is 1.14 bits per heavy atom. The third-order valence-electron chi connectivity index (χ3n) is 3.20. The number of amides is 2. The minimum absolute atomic E-state index is 0.204. The highest BCUT2D eigenvalue weighted by Gasteiger charge is 2.04. The Balaban J connectivity index is 1.68. The van der Waals surface area contributed by atoms with Crippen LogP contribution in [0.5, 0.6) is 0 Å². The molecule has 0 spiro atoms. The van der Waals surface area contributed by atoms with Gasteiger partial charge in [0, 0.05) is 12.2 Å². The zero-order valence-corrected chi connectivity index (χ0v) is 11.7. The lowest BCUT2D eigenvalue weighted by Crippen LogP contribution is -2.28. The molecule has 2 aromatic carbocycles. The van der Waals surface area contributed by atoms with Crippen LogP contribution in [0.15, 0.2) is 59.7 Å². The van der Waals surface area contributed by atoms with Gasteiger partial charge in [-0.05, 0) is 23.8 Å². The zero-order valence-electron chi connectivity index (χ0n) is 11.7. The van der Waals surface area contributed by atoms with Crippen molar-refractivity contribution in [3.8, 4) is 0 Å². The van der Waals surface area contributed by atoms with Crippen LogP contribution in [-0.2, 0) is 6.54 Å². The largest absolute Gasteiger partial charge is 0.334 e. The molecule has 3 rings (SSSR count). The van der Waals surface area contributed by atoms with E-state index in [1.54, 1.807) is 18.2 Å². The molecule has 6 nitrogen and oxygen atoms in total. The highest BCUT2D eigenvalue weighted by Crippen LogP contribution is 2.13. The van der Waals surface area contributed by atoms with Crippen LogP contribution in [0.2, 0.25) is 0 Å². The van der Waals surface area contributed by atoms with Crippen molar-refractivity contribution >= 4 is 22.6 Å². The van der Waals surface area contributed by atoms with Gasteiger partial charge in [0.05, 0.1) is 17.2 Å². The maximum Gasteiger partial charge on any atom is 0.319 e. The second kappa shape index (κ2) is 6.09. The molecule has 0 aliphatic carbocycles. The topological polar surface area (TPSA) is 86.9 Å². The first kappa shape index (κ1) is 13.8. The predicted molar refractivity (Wildman–Crippen MR) is 84.7 cm³/mol. The average Bonchev–Trinajstić information content (AvgIpc) is 2.54. The monoisotopic (exact) mass is 294 g/mol. The fourth-order valence-electron chi connectivity index (χ4n) is 2.10. The summed E-state index contributed by atoms with van der Waals surface area (Å²) in [7, 11) is 0. The third kappa shape index (κ3) is 3.12. The van der Waals surface area contributed by atoms with E-state index in [2.05, 4.69) is 20.6 Å². The van der Waals surface area contributed by atoms with Gasteiger partial charge in [-0.1, -0.05) is 30.3 Å². The van der Waals surface area contributed by atoms with E-state index >= 15 is 0 Å². The highest BCUT2D eigenvalue weighted by atomic mass is 16.2. The van der Waals surface area contributed by atoms with Crippen LogP contribution < -0.4 is 16.2 Å². The minimum Gasteiger partial charge on any atom is -0.334 e. The minimum atomic E-state index is -0.312. The van der Waals surface area contributed by atoms with Crippen LogP contribution in [0.4, 0.5) is 10.5 Å². The Morgan fingerprint density at radius 2 is 1.95 bits per heavy atom. The number of benzene rings is 2. The first-order valence-electron chi connectivity index (χ1n) is 6.78. The van der Waals surface area contributed by atoms with Crippen LogP contribution >= 0.6 is 0 Å². The van der Waals surface area contributed by atoms with Crippen molar-refractivity contribution < 1.29 is 4.79 Å². The van der Waals surface area contributed by atoms with Gasteiger partial charge in [0.25, 0.3) is 5.56 Å². The molecule has 0 saturated carbocycles. The lowest BCUT2D eigenvalue weighted by Gasteiger charge is -2.08. The molecular formula is C16H14N4O2. The number of aromatic nitrogens is 2. The molecule has 2 amide bonds. The Hall–Kier alpha value is -3.15. The van der Waals surface area contributed by atoms with Crippen molar-refractivity contribution in [3.63, 3.8) is 0 Å². The SMILES string of the molecule is O=C(NCc1ccccc1)Nc1ccc2c(=O)[nH]cnc2c1. The van der Waals surface area contributed by atoms with Crippen molar-refractivity contribution in [3.05, 3.63) is 70.8 Å². The number of nitrogens with one attached hydrogen (secondary N) is 3. The van der Waals surface area contributed by atoms with E-state index in [9.17, 15) is 9.59 Å². The van der Waals surface area contributed by atoms with E-state index < -0.39 is 0 Å². The molecule has 0 atom stereocenters. The maximum absolute atomic E-state index is 11.9. The normalized spacial score (nSPS) is 10.4. The summed E-state index contributed by atoms with van der Waals surface area (Å²) in [5.74, 6) is 0. The lowest BCUT2D eigenvalue weighted by molar-refractivity contribution is 0.251. The van der Waals surface area contributed by atoms with Crippen molar-refractivity contribution in [1.82, 2.24) is 15.3 Å².